The van der Waals surface area contributed by atoms with Crippen LogP contribution in [0.25, 0.3) is 0 Å². The van der Waals surface area contributed by atoms with Gasteiger partial charge in [0.05, 0.1) is 0 Å². The van der Waals surface area contributed by atoms with Gasteiger partial charge >= 0.3 is 0 Å². The summed E-state index contributed by atoms with van der Waals surface area (Å²) in [6.07, 6.45) is 4.46. The zero-order valence-corrected chi connectivity index (χ0v) is 9.71. The van der Waals surface area contributed by atoms with Gasteiger partial charge in [0.2, 0.25) is 0 Å². The monoisotopic (exact) mass is 223 g/mol. The molecule has 1 aliphatic rings. The largest absolute Gasteiger partial charge is 0.204 e. The number of rotatable bonds is 1. The van der Waals surface area contributed by atoms with E-state index in [4.69, 9.17) is 0 Å². The normalized spacial score (nSPS) is 30.4. The summed E-state index contributed by atoms with van der Waals surface area (Å²) in [7, 11) is 0. The van der Waals surface area contributed by atoms with E-state index in [1.807, 2.05) is 0 Å². The minimum atomic E-state index is -0.763. The Bertz CT molecular complexity index is 373. The second-order valence-electron chi connectivity index (χ2n) is 4.89. The number of benzene rings is 1. The molecular weight excluding hydrogens is 206 g/mol. The van der Waals surface area contributed by atoms with Crippen molar-refractivity contribution in [2.45, 2.75) is 32.6 Å². The standard InChI is InChI=1S/C14H17F2/c1-9-3-4-11(7-10(9)2)12-5-6-13(15)14(16)8-12/h5-11H,3-4H2,1-2H3. The molecule has 0 aliphatic heterocycles. The Morgan fingerprint density at radius 3 is 2.44 bits per heavy atom. The summed E-state index contributed by atoms with van der Waals surface area (Å²) < 4.78 is 25.9. The van der Waals surface area contributed by atoms with E-state index in [1.54, 1.807) is 6.07 Å². The van der Waals surface area contributed by atoms with E-state index in [9.17, 15) is 8.78 Å². The first-order valence-electron chi connectivity index (χ1n) is 5.88. The molecule has 3 atom stereocenters. The lowest BCUT2D eigenvalue weighted by Gasteiger charge is -2.32. The minimum absolute atomic E-state index is 0.279. The fourth-order valence-corrected chi connectivity index (χ4v) is 2.38. The Labute approximate surface area is 95.7 Å². The first kappa shape index (κ1) is 11.6. The molecule has 1 saturated carbocycles. The van der Waals surface area contributed by atoms with Crippen molar-refractivity contribution in [1.82, 2.24) is 0 Å². The van der Waals surface area contributed by atoms with E-state index in [1.165, 1.54) is 12.1 Å². The highest BCUT2D eigenvalue weighted by Crippen LogP contribution is 2.38. The molecule has 0 bridgehead atoms. The third kappa shape index (κ3) is 2.26. The third-order valence-electron chi connectivity index (χ3n) is 3.74. The van der Waals surface area contributed by atoms with Crippen molar-refractivity contribution in [3.8, 4) is 0 Å². The predicted molar refractivity (Wildman–Crippen MR) is 61.0 cm³/mol. The molecule has 0 nitrogen and oxygen atoms in total. The molecule has 2 heteroatoms. The highest BCUT2D eigenvalue weighted by molar-refractivity contribution is 5.25. The van der Waals surface area contributed by atoms with E-state index < -0.39 is 11.6 Å². The average molecular weight is 223 g/mol. The van der Waals surface area contributed by atoms with Crippen LogP contribution in [0.4, 0.5) is 8.78 Å². The van der Waals surface area contributed by atoms with Gasteiger partial charge < -0.3 is 0 Å². The van der Waals surface area contributed by atoms with Crippen LogP contribution >= 0.6 is 0 Å². The maximum absolute atomic E-state index is 13.1. The zero-order chi connectivity index (χ0) is 11.7. The van der Waals surface area contributed by atoms with Gasteiger partial charge in [0.1, 0.15) is 0 Å². The van der Waals surface area contributed by atoms with Crippen LogP contribution in [0, 0.1) is 29.9 Å². The summed E-state index contributed by atoms with van der Waals surface area (Å²) in [5, 5.41) is 0. The molecule has 1 aromatic rings. The van der Waals surface area contributed by atoms with Crippen LogP contribution in [-0.2, 0) is 0 Å². The van der Waals surface area contributed by atoms with Crippen LogP contribution in [0.3, 0.4) is 0 Å². The minimum Gasteiger partial charge on any atom is -0.204 e. The second kappa shape index (κ2) is 4.52. The molecule has 16 heavy (non-hydrogen) atoms. The second-order valence-corrected chi connectivity index (χ2v) is 4.89. The predicted octanol–water partition coefficient (Wildman–Crippen LogP) is 4.32. The Morgan fingerprint density at radius 2 is 1.81 bits per heavy atom. The van der Waals surface area contributed by atoms with Crippen molar-refractivity contribution in [3.63, 3.8) is 0 Å². The maximum atomic E-state index is 13.1. The van der Waals surface area contributed by atoms with Gasteiger partial charge in [-0.3, -0.25) is 0 Å². The lowest BCUT2D eigenvalue weighted by Crippen LogP contribution is -2.20. The average Bonchev–Trinajstić information content (AvgIpc) is 2.26. The summed E-state index contributed by atoms with van der Waals surface area (Å²) in [5.74, 6) is 0.0212. The van der Waals surface area contributed by atoms with Crippen LogP contribution in [0.2, 0.25) is 0 Å². The van der Waals surface area contributed by atoms with Gasteiger partial charge in [0.25, 0.3) is 0 Å². The van der Waals surface area contributed by atoms with Crippen molar-refractivity contribution in [3.05, 3.63) is 41.8 Å². The summed E-state index contributed by atoms with van der Waals surface area (Å²) in [5.41, 5.74) is 0.901. The van der Waals surface area contributed by atoms with Gasteiger partial charge in [-0.05, 0) is 54.7 Å². The van der Waals surface area contributed by atoms with Gasteiger partial charge in [-0.1, -0.05) is 19.9 Å². The Hall–Kier alpha value is -0.920. The van der Waals surface area contributed by atoms with E-state index in [2.05, 4.69) is 20.3 Å². The Balaban J connectivity index is 2.15. The first-order chi connectivity index (χ1) is 7.58. The molecule has 1 fully saturated rings. The molecule has 0 N–H and O–H groups in total. The molecule has 0 heterocycles. The zero-order valence-electron chi connectivity index (χ0n) is 9.71. The summed E-state index contributed by atoms with van der Waals surface area (Å²) in [6, 6.07) is 4.25. The van der Waals surface area contributed by atoms with Crippen molar-refractivity contribution < 1.29 is 8.78 Å². The van der Waals surface area contributed by atoms with Crippen LogP contribution in [0.15, 0.2) is 18.2 Å². The third-order valence-corrected chi connectivity index (χ3v) is 3.74. The Kier molecular flexibility index (Phi) is 3.27. The highest BCUT2D eigenvalue weighted by atomic mass is 19.2. The highest BCUT2D eigenvalue weighted by Gasteiger charge is 2.26. The molecule has 87 valence electrons. The molecule has 2 rings (SSSR count). The fourth-order valence-electron chi connectivity index (χ4n) is 2.38. The quantitative estimate of drug-likeness (QED) is 0.665. The van der Waals surface area contributed by atoms with Crippen molar-refractivity contribution >= 4 is 0 Å². The molecule has 3 unspecified atom stereocenters. The van der Waals surface area contributed by atoms with Gasteiger partial charge in [-0.15, -0.1) is 0 Å². The van der Waals surface area contributed by atoms with E-state index in [-0.39, 0.29) is 5.92 Å². The molecule has 1 aliphatic carbocycles. The summed E-state index contributed by atoms with van der Waals surface area (Å²) in [6.45, 7) is 4.43. The van der Waals surface area contributed by atoms with E-state index in [0.717, 1.165) is 18.4 Å². The van der Waals surface area contributed by atoms with E-state index in [0.29, 0.717) is 11.8 Å². The van der Waals surface area contributed by atoms with Crippen molar-refractivity contribution in [2.24, 2.45) is 11.8 Å². The SMILES string of the molecule is CC1[CH]C(c2ccc(F)c(F)c2)CCC1C. The lowest BCUT2D eigenvalue weighted by atomic mass is 9.73. The number of halogens is 2. The first-order valence-corrected chi connectivity index (χ1v) is 5.88. The van der Waals surface area contributed by atoms with Gasteiger partial charge in [0.15, 0.2) is 11.6 Å². The van der Waals surface area contributed by atoms with Crippen LogP contribution in [0.5, 0.6) is 0 Å². The molecular formula is C14H17F2. The van der Waals surface area contributed by atoms with Crippen molar-refractivity contribution in [2.75, 3.05) is 0 Å². The molecule has 1 aromatic carbocycles. The molecule has 0 spiro atoms. The smallest absolute Gasteiger partial charge is 0.159 e. The summed E-state index contributed by atoms with van der Waals surface area (Å²) >= 11 is 0. The van der Waals surface area contributed by atoms with Gasteiger partial charge in [-0.25, -0.2) is 8.78 Å². The molecule has 0 aromatic heterocycles. The lowest BCUT2D eigenvalue weighted by molar-refractivity contribution is 0.320. The Morgan fingerprint density at radius 1 is 1.06 bits per heavy atom. The van der Waals surface area contributed by atoms with Crippen LogP contribution < -0.4 is 0 Å². The maximum Gasteiger partial charge on any atom is 0.159 e. The van der Waals surface area contributed by atoms with E-state index >= 15 is 0 Å². The van der Waals surface area contributed by atoms with Crippen LogP contribution in [0.1, 0.15) is 38.2 Å². The van der Waals surface area contributed by atoms with Crippen molar-refractivity contribution in [1.29, 1.82) is 0 Å². The molecule has 0 amide bonds. The summed E-state index contributed by atoms with van der Waals surface area (Å²) in [4.78, 5) is 0. The fraction of sp³-hybridized carbons (Fsp3) is 0.500. The van der Waals surface area contributed by atoms with Gasteiger partial charge in [-0.2, -0.15) is 0 Å². The molecule has 1 radical (unpaired) electrons. The number of hydrogen-bond donors (Lipinski definition) is 0. The number of hydrogen-bond acceptors (Lipinski definition) is 0. The van der Waals surface area contributed by atoms with Gasteiger partial charge in [0, 0.05) is 0 Å². The van der Waals surface area contributed by atoms with Crippen LogP contribution in [-0.4, -0.2) is 0 Å². The molecule has 0 saturated heterocycles. The topological polar surface area (TPSA) is 0 Å².